The van der Waals surface area contributed by atoms with Gasteiger partial charge in [0.1, 0.15) is 5.82 Å². The standard InChI is InChI=1S/C14H21FN2/c1-11(10-17-14-6-7-14)16-9-8-12-2-4-13(15)5-3-12/h2-5,11,14,16-17H,6-10H2,1H3. The molecule has 1 aliphatic carbocycles. The summed E-state index contributed by atoms with van der Waals surface area (Å²) in [5.41, 5.74) is 1.18. The number of nitrogens with one attached hydrogen (secondary N) is 2. The molecular formula is C14H21FN2. The highest BCUT2D eigenvalue weighted by molar-refractivity contribution is 5.16. The number of hydrogen-bond donors (Lipinski definition) is 2. The van der Waals surface area contributed by atoms with Gasteiger partial charge in [-0.3, -0.25) is 0 Å². The minimum absolute atomic E-state index is 0.163. The summed E-state index contributed by atoms with van der Waals surface area (Å²) in [6, 6.07) is 8.02. The van der Waals surface area contributed by atoms with Crippen LogP contribution in [0.1, 0.15) is 25.3 Å². The fraction of sp³-hybridized carbons (Fsp3) is 0.571. The van der Waals surface area contributed by atoms with Crippen LogP contribution in [0.5, 0.6) is 0 Å². The molecule has 2 nitrogen and oxygen atoms in total. The Labute approximate surface area is 103 Å². The van der Waals surface area contributed by atoms with Crippen LogP contribution >= 0.6 is 0 Å². The van der Waals surface area contributed by atoms with Crippen LogP contribution in [0, 0.1) is 5.82 Å². The average Bonchev–Trinajstić information content (AvgIpc) is 3.13. The van der Waals surface area contributed by atoms with Gasteiger partial charge in [-0.15, -0.1) is 0 Å². The lowest BCUT2D eigenvalue weighted by atomic mass is 10.1. The largest absolute Gasteiger partial charge is 0.313 e. The number of halogens is 1. The third-order valence-corrected chi connectivity index (χ3v) is 3.11. The van der Waals surface area contributed by atoms with Gasteiger partial charge >= 0.3 is 0 Å². The summed E-state index contributed by atoms with van der Waals surface area (Å²) >= 11 is 0. The predicted octanol–water partition coefficient (Wildman–Crippen LogP) is 2.10. The lowest BCUT2D eigenvalue weighted by molar-refractivity contribution is 0.503. The summed E-state index contributed by atoms with van der Waals surface area (Å²) in [4.78, 5) is 0. The van der Waals surface area contributed by atoms with Crippen LogP contribution in [-0.4, -0.2) is 25.2 Å². The lowest BCUT2D eigenvalue weighted by Crippen LogP contribution is -2.38. The molecule has 94 valence electrons. The molecule has 0 radical (unpaired) electrons. The van der Waals surface area contributed by atoms with E-state index in [1.807, 2.05) is 12.1 Å². The fourth-order valence-electron chi connectivity index (χ4n) is 1.82. The third kappa shape index (κ3) is 4.84. The van der Waals surface area contributed by atoms with Gasteiger partial charge in [0.25, 0.3) is 0 Å². The first-order valence-electron chi connectivity index (χ1n) is 6.45. The number of rotatable bonds is 7. The maximum atomic E-state index is 12.7. The Bertz CT molecular complexity index is 333. The van der Waals surface area contributed by atoms with Crippen molar-refractivity contribution in [1.29, 1.82) is 0 Å². The van der Waals surface area contributed by atoms with Crippen LogP contribution in [0.3, 0.4) is 0 Å². The fourth-order valence-corrected chi connectivity index (χ4v) is 1.82. The van der Waals surface area contributed by atoms with Crippen molar-refractivity contribution < 1.29 is 4.39 Å². The summed E-state index contributed by atoms with van der Waals surface area (Å²) in [6.45, 7) is 4.17. The van der Waals surface area contributed by atoms with Crippen LogP contribution in [0.15, 0.2) is 24.3 Å². The van der Waals surface area contributed by atoms with Crippen molar-refractivity contribution in [1.82, 2.24) is 10.6 Å². The van der Waals surface area contributed by atoms with E-state index in [0.29, 0.717) is 6.04 Å². The third-order valence-electron chi connectivity index (χ3n) is 3.11. The van der Waals surface area contributed by atoms with E-state index >= 15 is 0 Å². The minimum Gasteiger partial charge on any atom is -0.313 e. The SMILES string of the molecule is CC(CNC1CC1)NCCc1ccc(F)cc1. The Kier molecular flexibility index (Phi) is 4.51. The van der Waals surface area contributed by atoms with E-state index in [1.54, 1.807) is 0 Å². The van der Waals surface area contributed by atoms with E-state index in [2.05, 4.69) is 17.6 Å². The van der Waals surface area contributed by atoms with Gasteiger partial charge in [-0.2, -0.15) is 0 Å². The Morgan fingerprint density at radius 2 is 2.00 bits per heavy atom. The van der Waals surface area contributed by atoms with E-state index in [9.17, 15) is 4.39 Å². The second kappa shape index (κ2) is 6.12. The molecule has 2 N–H and O–H groups in total. The average molecular weight is 236 g/mol. The molecule has 0 spiro atoms. The normalized spacial score (nSPS) is 17.1. The summed E-state index contributed by atoms with van der Waals surface area (Å²) in [5.74, 6) is -0.163. The Morgan fingerprint density at radius 1 is 1.29 bits per heavy atom. The van der Waals surface area contributed by atoms with E-state index in [-0.39, 0.29) is 5.82 Å². The summed E-state index contributed by atoms with van der Waals surface area (Å²) < 4.78 is 12.7. The molecule has 1 aromatic rings. The highest BCUT2D eigenvalue weighted by Gasteiger charge is 2.20. The van der Waals surface area contributed by atoms with Crippen molar-refractivity contribution in [3.8, 4) is 0 Å². The molecule has 1 unspecified atom stereocenters. The minimum atomic E-state index is -0.163. The van der Waals surface area contributed by atoms with Crippen molar-refractivity contribution in [3.05, 3.63) is 35.6 Å². The second-order valence-electron chi connectivity index (χ2n) is 4.91. The number of hydrogen-bond acceptors (Lipinski definition) is 2. The van der Waals surface area contributed by atoms with E-state index in [0.717, 1.165) is 25.6 Å². The molecule has 0 aliphatic heterocycles. The van der Waals surface area contributed by atoms with Gasteiger partial charge in [0.05, 0.1) is 0 Å². The lowest BCUT2D eigenvalue weighted by Gasteiger charge is -2.14. The van der Waals surface area contributed by atoms with Gasteiger partial charge in [-0.1, -0.05) is 12.1 Å². The van der Waals surface area contributed by atoms with Crippen LogP contribution in [-0.2, 0) is 6.42 Å². The zero-order chi connectivity index (χ0) is 12.1. The zero-order valence-electron chi connectivity index (χ0n) is 10.4. The molecule has 0 amide bonds. The summed E-state index contributed by atoms with van der Waals surface area (Å²) in [6.07, 6.45) is 3.62. The predicted molar refractivity (Wildman–Crippen MR) is 68.6 cm³/mol. The molecule has 0 heterocycles. The first-order valence-corrected chi connectivity index (χ1v) is 6.45. The Balaban J connectivity index is 1.59. The summed E-state index contributed by atoms with van der Waals surface area (Å²) in [7, 11) is 0. The van der Waals surface area contributed by atoms with Crippen LogP contribution < -0.4 is 10.6 Å². The summed E-state index contributed by atoms with van der Waals surface area (Å²) in [5, 5.41) is 6.97. The maximum Gasteiger partial charge on any atom is 0.123 e. The molecule has 1 aliphatic rings. The van der Waals surface area contributed by atoms with Crippen molar-refractivity contribution >= 4 is 0 Å². The Hall–Kier alpha value is -0.930. The maximum absolute atomic E-state index is 12.7. The monoisotopic (exact) mass is 236 g/mol. The zero-order valence-corrected chi connectivity index (χ0v) is 10.4. The molecule has 1 fully saturated rings. The molecule has 17 heavy (non-hydrogen) atoms. The van der Waals surface area contributed by atoms with Gasteiger partial charge in [-0.25, -0.2) is 4.39 Å². The van der Waals surface area contributed by atoms with Gasteiger partial charge in [0, 0.05) is 18.6 Å². The molecule has 0 saturated heterocycles. The van der Waals surface area contributed by atoms with Crippen LogP contribution in [0.25, 0.3) is 0 Å². The van der Waals surface area contributed by atoms with Crippen LogP contribution in [0.2, 0.25) is 0 Å². The second-order valence-corrected chi connectivity index (χ2v) is 4.91. The first kappa shape index (κ1) is 12.5. The van der Waals surface area contributed by atoms with Crippen LogP contribution in [0.4, 0.5) is 4.39 Å². The molecule has 2 rings (SSSR count). The van der Waals surface area contributed by atoms with Crippen molar-refractivity contribution in [3.63, 3.8) is 0 Å². The van der Waals surface area contributed by atoms with Gasteiger partial charge < -0.3 is 10.6 Å². The Morgan fingerprint density at radius 3 is 2.65 bits per heavy atom. The molecule has 1 saturated carbocycles. The van der Waals surface area contributed by atoms with E-state index < -0.39 is 0 Å². The van der Waals surface area contributed by atoms with Crippen molar-refractivity contribution in [2.75, 3.05) is 13.1 Å². The van der Waals surface area contributed by atoms with Gasteiger partial charge in [0.15, 0.2) is 0 Å². The molecule has 0 aromatic heterocycles. The molecular weight excluding hydrogens is 215 g/mol. The first-order chi connectivity index (χ1) is 8.24. The van der Waals surface area contributed by atoms with Crippen molar-refractivity contribution in [2.24, 2.45) is 0 Å². The molecule has 1 atom stereocenters. The highest BCUT2D eigenvalue weighted by Crippen LogP contribution is 2.18. The molecule has 0 bridgehead atoms. The van der Waals surface area contributed by atoms with Gasteiger partial charge in [0.2, 0.25) is 0 Å². The van der Waals surface area contributed by atoms with Crippen molar-refractivity contribution in [2.45, 2.75) is 38.3 Å². The quantitative estimate of drug-likeness (QED) is 0.757. The van der Waals surface area contributed by atoms with E-state index in [4.69, 9.17) is 0 Å². The number of benzene rings is 1. The topological polar surface area (TPSA) is 24.1 Å². The van der Waals surface area contributed by atoms with E-state index in [1.165, 1.54) is 30.5 Å². The molecule has 1 aromatic carbocycles. The molecule has 3 heteroatoms. The van der Waals surface area contributed by atoms with Gasteiger partial charge in [-0.05, 0) is 50.4 Å². The highest BCUT2D eigenvalue weighted by atomic mass is 19.1. The smallest absolute Gasteiger partial charge is 0.123 e.